The van der Waals surface area contributed by atoms with Crippen molar-refractivity contribution < 1.29 is 22.4 Å². The molecule has 3 aromatic rings. The second-order valence-electron chi connectivity index (χ2n) is 5.80. The lowest BCUT2D eigenvalue weighted by Gasteiger charge is -2.05. The Morgan fingerprint density at radius 1 is 1.04 bits per heavy atom. The molecule has 0 fully saturated rings. The largest absolute Gasteiger partial charge is 0.416 e. The van der Waals surface area contributed by atoms with Gasteiger partial charge in [0.1, 0.15) is 0 Å². The molecular formula is C19H16F3N3O2S. The first-order valence-electron chi connectivity index (χ1n) is 8.40. The van der Waals surface area contributed by atoms with Crippen LogP contribution in [0.4, 0.5) is 19.2 Å². The van der Waals surface area contributed by atoms with Crippen molar-refractivity contribution in [3.05, 3.63) is 60.2 Å². The lowest BCUT2D eigenvalue weighted by atomic mass is 10.1. The molecule has 28 heavy (non-hydrogen) atoms. The smallest absolute Gasteiger partial charge is 0.403 e. The highest BCUT2D eigenvalue weighted by Gasteiger charge is 2.30. The quantitative estimate of drug-likeness (QED) is 0.427. The van der Waals surface area contributed by atoms with Gasteiger partial charge in [0.25, 0.3) is 0 Å². The van der Waals surface area contributed by atoms with E-state index in [4.69, 9.17) is 4.42 Å². The summed E-state index contributed by atoms with van der Waals surface area (Å²) in [5.74, 6) is 0.554. The molecule has 1 heterocycles. The number of halogens is 3. The van der Waals surface area contributed by atoms with Crippen molar-refractivity contribution in [2.45, 2.75) is 23.9 Å². The maximum atomic E-state index is 12.6. The summed E-state index contributed by atoms with van der Waals surface area (Å²) in [6.45, 7) is 0. The van der Waals surface area contributed by atoms with Crippen LogP contribution in [-0.4, -0.2) is 21.9 Å². The molecule has 1 N–H and O–H groups in total. The van der Waals surface area contributed by atoms with Crippen LogP contribution in [0.15, 0.2) is 63.9 Å². The van der Waals surface area contributed by atoms with E-state index in [9.17, 15) is 18.0 Å². The minimum Gasteiger partial charge on any atom is -0.403 e. The van der Waals surface area contributed by atoms with Crippen LogP contribution in [0.5, 0.6) is 0 Å². The molecule has 3 rings (SSSR count). The fourth-order valence-corrected chi connectivity index (χ4v) is 3.19. The van der Waals surface area contributed by atoms with Gasteiger partial charge in [0.05, 0.1) is 5.56 Å². The lowest BCUT2D eigenvalue weighted by molar-refractivity contribution is -0.137. The third-order valence-corrected chi connectivity index (χ3v) is 4.79. The van der Waals surface area contributed by atoms with E-state index in [0.717, 1.165) is 22.8 Å². The van der Waals surface area contributed by atoms with Crippen molar-refractivity contribution in [1.29, 1.82) is 0 Å². The van der Waals surface area contributed by atoms with Crippen LogP contribution >= 0.6 is 11.8 Å². The summed E-state index contributed by atoms with van der Waals surface area (Å²) in [4.78, 5) is 13.1. The zero-order valence-electron chi connectivity index (χ0n) is 14.6. The first kappa shape index (κ1) is 19.9. The molecule has 146 valence electrons. The molecule has 0 bridgehead atoms. The van der Waals surface area contributed by atoms with Crippen LogP contribution < -0.4 is 5.32 Å². The van der Waals surface area contributed by atoms with Gasteiger partial charge in [-0.2, -0.15) is 13.2 Å². The Bertz CT molecular complexity index is 912. The number of nitrogens with zero attached hydrogens (tertiary/aromatic N) is 2. The Morgan fingerprint density at radius 3 is 2.43 bits per heavy atom. The lowest BCUT2D eigenvalue weighted by Crippen LogP contribution is -2.11. The van der Waals surface area contributed by atoms with Gasteiger partial charge >= 0.3 is 12.2 Å². The first-order chi connectivity index (χ1) is 13.4. The van der Waals surface area contributed by atoms with Crippen molar-refractivity contribution in [3.8, 4) is 11.5 Å². The first-order valence-corrected chi connectivity index (χ1v) is 9.39. The predicted octanol–water partition coefficient (Wildman–Crippen LogP) is 5.27. The number of carbonyl (C=O) groups excluding carboxylic acids is 1. The van der Waals surface area contributed by atoms with E-state index in [1.165, 1.54) is 12.1 Å². The van der Waals surface area contributed by atoms with Crippen molar-refractivity contribution in [2.24, 2.45) is 0 Å². The number of thioether (sulfide) groups is 1. The number of hydrogen-bond acceptors (Lipinski definition) is 5. The van der Waals surface area contributed by atoms with Gasteiger partial charge in [0.15, 0.2) is 0 Å². The summed E-state index contributed by atoms with van der Waals surface area (Å²) < 4.78 is 43.1. The molecule has 0 aliphatic heterocycles. The zero-order chi connectivity index (χ0) is 20.0. The molecule has 2 aromatic carbocycles. The number of benzene rings is 2. The van der Waals surface area contributed by atoms with E-state index in [-0.39, 0.29) is 24.2 Å². The zero-order valence-corrected chi connectivity index (χ0v) is 15.4. The summed E-state index contributed by atoms with van der Waals surface area (Å²) in [7, 11) is 0. The maximum Gasteiger partial charge on any atom is 0.416 e. The second kappa shape index (κ2) is 8.92. The number of nitrogens with one attached hydrogen (secondary N) is 1. The van der Waals surface area contributed by atoms with Crippen LogP contribution in [0, 0.1) is 0 Å². The van der Waals surface area contributed by atoms with Gasteiger partial charge in [-0.25, -0.2) is 0 Å². The molecule has 0 aliphatic carbocycles. The molecule has 1 aromatic heterocycles. The van der Waals surface area contributed by atoms with Crippen molar-refractivity contribution in [1.82, 2.24) is 10.2 Å². The minimum absolute atomic E-state index is 0.0312. The highest BCUT2D eigenvalue weighted by atomic mass is 32.2. The molecule has 0 atom stereocenters. The van der Waals surface area contributed by atoms with E-state index in [0.29, 0.717) is 12.0 Å². The number of hydrogen-bond donors (Lipinski definition) is 1. The van der Waals surface area contributed by atoms with E-state index in [1.54, 1.807) is 11.8 Å². The molecule has 0 radical (unpaired) electrons. The molecule has 0 aliphatic rings. The average Bonchev–Trinajstić information content (AvgIpc) is 3.14. The molecule has 0 unspecified atom stereocenters. The highest BCUT2D eigenvalue weighted by Crippen LogP contribution is 2.31. The van der Waals surface area contributed by atoms with Gasteiger partial charge in [-0.05, 0) is 48.6 Å². The molecule has 9 heteroatoms. The minimum atomic E-state index is -4.41. The van der Waals surface area contributed by atoms with Gasteiger partial charge in [-0.3, -0.25) is 10.1 Å². The number of carbonyl (C=O) groups is 1. The van der Waals surface area contributed by atoms with E-state index >= 15 is 0 Å². The summed E-state index contributed by atoms with van der Waals surface area (Å²) in [5.41, 5.74) is -0.432. The normalized spacial score (nSPS) is 11.4. The number of aromatic nitrogens is 2. The Hall–Kier alpha value is -2.81. The van der Waals surface area contributed by atoms with Crippen LogP contribution in [0.2, 0.25) is 0 Å². The average molecular weight is 407 g/mol. The summed E-state index contributed by atoms with van der Waals surface area (Å²) >= 11 is 1.66. The Morgan fingerprint density at radius 2 is 1.75 bits per heavy atom. The van der Waals surface area contributed by atoms with Crippen LogP contribution in [-0.2, 0) is 11.0 Å². The van der Waals surface area contributed by atoms with Crippen LogP contribution in [0.1, 0.15) is 18.4 Å². The van der Waals surface area contributed by atoms with E-state index in [1.807, 2.05) is 30.3 Å². The Kier molecular flexibility index (Phi) is 6.35. The third-order valence-electron chi connectivity index (χ3n) is 3.69. The SMILES string of the molecule is O=C(CCCSc1ccccc1)Nc1nnc(-c2ccc(C(F)(F)F)cc2)o1. The predicted molar refractivity (Wildman–Crippen MR) is 99.8 cm³/mol. The van der Waals surface area contributed by atoms with E-state index < -0.39 is 11.7 Å². The van der Waals surface area contributed by atoms with E-state index in [2.05, 4.69) is 15.5 Å². The van der Waals surface area contributed by atoms with Crippen LogP contribution in [0.25, 0.3) is 11.5 Å². The fraction of sp³-hybridized carbons (Fsp3) is 0.211. The van der Waals surface area contributed by atoms with Crippen molar-refractivity contribution >= 4 is 23.7 Å². The van der Waals surface area contributed by atoms with Crippen LogP contribution in [0.3, 0.4) is 0 Å². The molecule has 0 saturated carbocycles. The van der Waals surface area contributed by atoms with Gasteiger partial charge in [0.2, 0.25) is 11.8 Å². The van der Waals surface area contributed by atoms with Gasteiger partial charge < -0.3 is 4.42 Å². The summed E-state index contributed by atoms with van der Waals surface area (Å²) in [6, 6.07) is 14.1. The topological polar surface area (TPSA) is 68.0 Å². The summed E-state index contributed by atoms with van der Waals surface area (Å²) in [5, 5.41) is 9.95. The number of alkyl halides is 3. The Labute approximate surface area is 163 Å². The van der Waals surface area contributed by atoms with Gasteiger partial charge in [-0.15, -0.1) is 16.9 Å². The molecule has 0 spiro atoms. The molecule has 5 nitrogen and oxygen atoms in total. The third kappa shape index (κ3) is 5.59. The standard InChI is InChI=1S/C19H16F3N3O2S/c20-19(21,22)14-10-8-13(9-11-14)17-24-25-18(27-17)23-16(26)7-4-12-28-15-5-2-1-3-6-15/h1-3,5-6,8-11H,4,7,12H2,(H,23,25,26). The second-order valence-corrected chi connectivity index (χ2v) is 6.97. The van der Waals surface area contributed by atoms with Gasteiger partial charge in [-0.1, -0.05) is 23.3 Å². The molecule has 1 amide bonds. The Balaban J connectivity index is 1.48. The molecule has 0 saturated heterocycles. The number of anilines is 1. The van der Waals surface area contributed by atoms with Gasteiger partial charge in [0, 0.05) is 16.9 Å². The number of rotatable bonds is 7. The van der Waals surface area contributed by atoms with Crippen molar-refractivity contribution in [3.63, 3.8) is 0 Å². The summed E-state index contributed by atoms with van der Waals surface area (Å²) in [6.07, 6.45) is -3.45. The highest BCUT2D eigenvalue weighted by molar-refractivity contribution is 7.99. The number of amides is 1. The van der Waals surface area contributed by atoms with Crippen molar-refractivity contribution in [2.75, 3.05) is 11.1 Å². The molecular weight excluding hydrogens is 391 g/mol. The monoisotopic (exact) mass is 407 g/mol. The maximum absolute atomic E-state index is 12.6. The fourth-order valence-electron chi connectivity index (χ4n) is 2.31.